The van der Waals surface area contributed by atoms with Gasteiger partial charge in [-0.3, -0.25) is 4.79 Å². The first kappa shape index (κ1) is 15.4. The summed E-state index contributed by atoms with van der Waals surface area (Å²) in [6.07, 6.45) is 3.72. The third kappa shape index (κ3) is 4.53. The van der Waals surface area contributed by atoms with Gasteiger partial charge in [-0.25, -0.2) is 0 Å². The van der Waals surface area contributed by atoms with Crippen molar-refractivity contribution in [3.8, 4) is 0 Å². The summed E-state index contributed by atoms with van der Waals surface area (Å²) in [6.45, 7) is 5.73. The van der Waals surface area contributed by atoms with Crippen LogP contribution < -0.4 is 5.32 Å². The van der Waals surface area contributed by atoms with Crippen molar-refractivity contribution in [1.29, 1.82) is 0 Å². The summed E-state index contributed by atoms with van der Waals surface area (Å²) in [7, 11) is 0. The Hall–Kier alpha value is -1.00. The van der Waals surface area contributed by atoms with E-state index in [-0.39, 0.29) is 0 Å². The van der Waals surface area contributed by atoms with Gasteiger partial charge in [-0.1, -0.05) is 19.1 Å². The number of hydrogen-bond donors (Lipinski definition) is 1. The fraction of sp³-hybridized carbons (Fsp3) is 0.562. The van der Waals surface area contributed by atoms with E-state index in [0.29, 0.717) is 18.2 Å². The van der Waals surface area contributed by atoms with Gasteiger partial charge in [0.15, 0.2) is 0 Å². The standard InChI is InChI=1S/C16H24N2OS/c1-13(11-14-3-5-15(20-2)6-4-14)12-16(19)18-9-7-17-8-10-18/h3-6,13,17H,7-12H2,1-2H3. The number of benzene rings is 1. The van der Waals surface area contributed by atoms with Gasteiger partial charge in [0.2, 0.25) is 5.91 Å². The molecule has 1 aromatic carbocycles. The van der Waals surface area contributed by atoms with Gasteiger partial charge in [0, 0.05) is 37.5 Å². The fourth-order valence-corrected chi connectivity index (χ4v) is 2.99. The molecule has 0 aliphatic carbocycles. The Balaban J connectivity index is 1.81. The zero-order chi connectivity index (χ0) is 14.4. The number of nitrogens with one attached hydrogen (secondary N) is 1. The Morgan fingerprint density at radius 2 is 1.95 bits per heavy atom. The molecule has 3 nitrogen and oxygen atoms in total. The largest absolute Gasteiger partial charge is 0.340 e. The van der Waals surface area contributed by atoms with Crippen LogP contribution in [-0.2, 0) is 11.2 Å². The Morgan fingerprint density at radius 3 is 2.55 bits per heavy atom. The first-order valence-electron chi connectivity index (χ1n) is 7.30. The van der Waals surface area contributed by atoms with Crippen LogP contribution in [0.5, 0.6) is 0 Å². The van der Waals surface area contributed by atoms with E-state index in [4.69, 9.17) is 0 Å². The maximum atomic E-state index is 12.2. The topological polar surface area (TPSA) is 32.3 Å². The average Bonchev–Trinajstić information content (AvgIpc) is 2.49. The van der Waals surface area contributed by atoms with E-state index in [0.717, 1.165) is 32.6 Å². The summed E-state index contributed by atoms with van der Waals surface area (Å²) in [5.41, 5.74) is 1.32. The molecule has 1 aliphatic heterocycles. The molecule has 0 radical (unpaired) electrons. The number of rotatable bonds is 5. The van der Waals surface area contributed by atoms with Crippen molar-refractivity contribution >= 4 is 17.7 Å². The SMILES string of the molecule is CSc1ccc(CC(C)CC(=O)N2CCNCC2)cc1. The van der Waals surface area contributed by atoms with Crippen molar-refractivity contribution in [2.75, 3.05) is 32.4 Å². The lowest BCUT2D eigenvalue weighted by Crippen LogP contribution is -2.46. The molecule has 0 bridgehead atoms. The maximum absolute atomic E-state index is 12.2. The van der Waals surface area contributed by atoms with E-state index in [1.807, 2.05) is 4.90 Å². The van der Waals surface area contributed by atoms with Gasteiger partial charge in [0.1, 0.15) is 0 Å². The highest BCUT2D eigenvalue weighted by Crippen LogP contribution is 2.18. The molecule has 110 valence electrons. The number of carbonyl (C=O) groups excluding carboxylic acids is 1. The number of hydrogen-bond acceptors (Lipinski definition) is 3. The van der Waals surface area contributed by atoms with Gasteiger partial charge >= 0.3 is 0 Å². The Bertz CT molecular complexity index is 427. The van der Waals surface area contributed by atoms with Crippen LogP contribution >= 0.6 is 11.8 Å². The van der Waals surface area contributed by atoms with Crippen LogP contribution in [0.3, 0.4) is 0 Å². The van der Waals surface area contributed by atoms with Gasteiger partial charge in [0.05, 0.1) is 0 Å². The zero-order valence-corrected chi connectivity index (χ0v) is 13.2. The fourth-order valence-electron chi connectivity index (χ4n) is 2.58. The average molecular weight is 292 g/mol. The van der Waals surface area contributed by atoms with Crippen molar-refractivity contribution in [3.63, 3.8) is 0 Å². The molecule has 1 unspecified atom stereocenters. The van der Waals surface area contributed by atoms with E-state index in [1.165, 1.54) is 10.5 Å². The summed E-state index contributed by atoms with van der Waals surface area (Å²) in [5.74, 6) is 0.706. The molecule has 1 heterocycles. The number of piperazine rings is 1. The molecule has 1 amide bonds. The number of amides is 1. The molecule has 2 rings (SSSR count). The predicted molar refractivity (Wildman–Crippen MR) is 85.2 cm³/mol. The molecule has 20 heavy (non-hydrogen) atoms. The number of carbonyl (C=O) groups is 1. The number of thioether (sulfide) groups is 1. The normalized spacial score (nSPS) is 17.0. The smallest absolute Gasteiger partial charge is 0.222 e. The molecule has 1 atom stereocenters. The maximum Gasteiger partial charge on any atom is 0.222 e. The second-order valence-electron chi connectivity index (χ2n) is 5.49. The van der Waals surface area contributed by atoms with Gasteiger partial charge in [-0.15, -0.1) is 11.8 Å². The third-order valence-electron chi connectivity index (χ3n) is 3.74. The quantitative estimate of drug-likeness (QED) is 0.846. The minimum atomic E-state index is 0.305. The minimum absolute atomic E-state index is 0.305. The van der Waals surface area contributed by atoms with Crippen LogP contribution in [0.25, 0.3) is 0 Å². The molecule has 0 spiro atoms. The van der Waals surface area contributed by atoms with Crippen molar-refractivity contribution < 1.29 is 4.79 Å². The summed E-state index contributed by atoms with van der Waals surface area (Å²) in [6, 6.07) is 8.67. The molecule has 0 aromatic heterocycles. The molecular formula is C16H24N2OS. The highest BCUT2D eigenvalue weighted by molar-refractivity contribution is 7.98. The summed E-state index contributed by atoms with van der Waals surface area (Å²) in [5, 5.41) is 3.28. The lowest BCUT2D eigenvalue weighted by Gasteiger charge is -2.28. The van der Waals surface area contributed by atoms with Crippen molar-refractivity contribution in [2.24, 2.45) is 5.92 Å². The monoisotopic (exact) mass is 292 g/mol. The second-order valence-corrected chi connectivity index (χ2v) is 6.37. The van der Waals surface area contributed by atoms with E-state index < -0.39 is 0 Å². The van der Waals surface area contributed by atoms with E-state index >= 15 is 0 Å². The Morgan fingerprint density at radius 1 is 1.30 bits per heavy atom. The molecule has 4 heteroatoms. The molecule has 0 saturated carbocycles. The summed E-state index contributed by atoms with van der Waals surface area (Å²) in [4.78, 5) is 15.5. The van der Waals surface area contributed by atoms with Crippen LogP contribution in [-0.4, -0.2) is 43.2 Å². The highest BCUT2D eigenvalue weighted by Gasteiger charge is 2.18. The lowest BCUT2D eigenvalue weighted by atomic mass is 9.97. The third-order valence-corrected chi connectivity index (χ3v) is 4.48. The lowest BCUT2D eigenvalue weighted by molar-refractivity contribution is -0.132. The van der Waals surface area contributed by atoms with Gasteiger partial charge in [0.25, 0.3) is 0 Å². The Kier molecular flexibility index (Phi) is 5.92. The molecule has 1 saturated heterocycles. The molecule has 1 aromatic rings. The van der Waals surface area contributed by atoms with Gasteiger partial charge < -0.3 is 10.2 Å². The van der Waals surface area contributed by atoms with Crippen molar-refractivity contribution in [3.05, 3.63) is 29.8 Å². The highest BCUT2D eigenvalue weighted by atomic mass is 32.2. The van der Waals surface area contributed by atoms with E-state index in [2.05, 4.69) is 42.8 Å². The van der Waals surface area contributed by atoms with Crippen LogP contribution in [0, 0.1) is 5.92 Å². The van der Waals surface area contributed by atoms with Crippen LogP contribution in [0.4, 0.5) is 0 Å². The predicted octanol–water partition coefficient (Wildman–Crippen LogP) is 2.41. The summed E-state index contributed by atoms with van der Waals surface area (Å²) >= 11 is 1.76. The first-order chi connectivity index (χ1) is 9.69. The van der Waals surface area contributed by atoms with Crippen molar-refractivity contribution in [1.82, 2.24) is 10.2 Å². The first-order valence-corrected chi connectivity index (χ1v) is 8.53. The zero-order valence-electron chi connectivity index (χ0n) is 12.4. The molecule has 1 N–H and O–H groups in total. The van der Waals surface area contributed by atoms with Gasteiger partial charge in [-0.05, 0) is 36.3 Å². The number of nitrogens with zero attached hydrogens (tertiary/aromatic N) is 1. The minimum Gasteiger partial charge on any atom is -0.340 e. The van der Waals surface area contributed by atoms with E-state index in [1.54, 1.807) is 11.8 Å². The van der Waals surface area contributed by atoms with Crippen LogP contribution in [0.15, 0.2) is 29.2 Å². The Labute approximate surface area is 126 Å². The molecule has 1 aliphatic rings. The van der Waals surface area contributed by atoms with E-state index in [9.17, 15) is 4.79 Å². The van der Waals surface area contributed by atoms with Crippen molar-refractivity contribution in [2.45, 2.75) is 24.7 Å². The summed E-state index contributed by atoms with van der Waals surface area (Å²) < 4.78 is 0. The molecule has 1 fully saturated rings. The molecular weight excluding hydrogens is 268 g/mol. The van der Waals surface area contributed by atoms with Crippen LogP contribution in [0.2, 0.25) is 0 Å². The second kappa shape index (κ2) is 7.70. The van der Waals surface area contributed by atoms with Crippen LogP contribution in [0.1, 0.15) is 18.9 Å². The van der Waals surface area contributed by atoms with Gasteiger partial charge in [-0.2, -0.15) is 0 Å².